The summed E-state index contributed by atoms with van der Waals surface area (Å²) in [5.41, 5.74) is 1.27. The molecule has 2 heteroatoms. The van der Waals surface area contributed by atoms with Gasteiger partial charge in [-0.1, -0.05) is 26.3 Å². The largest absolute Gasteiger partial charge is 0.390 e. The Balaban J connectivity index is 1.74. The topological polar surface area (TPSA) is 37.3 Å². The fourth-order valence-electron chi connectivity index (χ4n) is 7.15. The number of allylic oxidation sites excluding steroid dienone is 1. The van der Waals surface area contributed by atoms with E-state index in [1.165, 1.54) is 18.4 Å². The number of carbonyl (C=O) groups excluding carboxylic acids is 1. The van der Waals surface area contributed by atoms with Crippen LogP contribution in [0.3, 0.4) is 0 Å². The molecule has 0 spiro atoms. The van der Waals surface area contributed by atoms with Gasteiger partial charge in [0.15, 0.2) is 5.78 Å². The SMILES string of the molecule is C[C@H]1CC2=CC(=O)CC[C@]2(C)C2CC[C@@]3(C)C(CC[C@]3(C)O)C21. The van der Waals surface area contributed by atoms with E-state index in [-0.39, 0.29) is 10.8 Å². The summed E-state index contributed by atoms with van der Waals surface area (Å²) in [6.45, 7) is 9.26. The van der Waals surface area contributed by atoms with Crippen LogP contribution in [-0.4, -0.2) is 16.5 Å². The number of hydrogen-bond donors (Lipinski definition) is 1. The van der Waals surface area contributed by atoms with E-state index in [9.17, 15) is 9.90 Å². The van der Waals surface area contributed by atoms with Crippen molar-refractivity contribution in [1.29, 1.82) is 0 Å². The third-order valence-corrected chi connectivity index (χ3v) is 8.87. The number of hydrogen-bond acceptors (Lipinski definition) is 2. The lowest BCUT2D eigenvalue weighted by atomic mass is 9.44. The van der Waals surface area contributed by atoms with Gasteiger partial charge < -0.3 is 5.11 Å². The lowest BCUT2D eigenvalue weighted by Crippen LogP contribution is -2.55. The summed E-state index contributed by atoms with van der Waals surface area (Å²) in [6, 6.07) is 0. The number of fused-ring (bicyclic) bond motifs is 5. The van der Waals surface area contributed by atoms with Crippen molar-refractivity contribution >= 4 is 5.78 Å². The minimum Gasteiger partial charge on any atom is -0.390 e. The van der Waals surface area contributed by atoms with E-state index in [0.29, 0.717) is 23.5 Å². The molecule has 4 aliphatic carbocycles. The maximum absolute atomic E-state index is 11.9. The van der Waals surface area contributed by atoms with Crippen molar-refractivity contribution < 1.29 is 9.90 Å². The summed E-state index contributed by atoms with van der Waals surface area (Å²) in [4.78, 5) is 11.9. The van der Waals surface area contributed by atoms with Crippen LogP contribution in [0.1, 0.15) is 72.6 Å². The molecule has 7 atom stereocenters. The zero-order valence-electron chi connectivity index (χ0n) is 15.2. The van der Waals surface area contributed by atoms with Gasteiger partial charge in [0, 0.05) is 6.42 Å². The van der Waals surface area contributed by atoms with Gasteiger partial charge >= 0.3 is 0 Å². The molecule has 0 aliphatic heterocycles. The Morgan fingerprint density at radius 2 is 1.78 bits per heavy atom. The third kappa shape index (κ3) is 1.94. The Bertz CT molecular complexity index is 574. The molecular weight excluding hydrogens is 284 g/mol. The lowest BCUT2D eigenvalue weighted by Gasteiger charge is -2.60. The molecule has 0 heterocycles. The highest BCUT2D eigenvalue weighted by Gasteiger charge is 2.63. The number of rotatable bonds is 0. The molecule has 2 nitrogen and oxygen atoms in total. The summed E-state index contributed by atoms with van der Waals surface area (Å²) >= 11 is 0. The molecule has 0 amide bonds. The van der Waals surface area contributed by atoms with Crippen molar-refractivity contribution in [2.45, 2.75) is 78.2 Å². The molecule has 4 aliphatic rings. The number of carbonyl (C=O) groups is 1. The Hall–Kier alpha value is -0.630. The standard InChI is InChI=1S/C21H32O2/c1-13-11-14-12-15(22)5-8-19(14,2)16-6-9-20(3)17(18(13)16)7-10-21(20,4)23/h12-13,16-18,23H,5-11H2,1-4H3/t13-,16?,17?,18?,19-,20-,21-/m0/s1. The van der Waals surface area contributed by atoms with Gasteiger partial charge in [-0.3, -0.25) is 4.79 Å². The summed E-state index contributed by atoms with van der Waals surface area (Å²) < 4.78 is 0. The molecule has 0 aromatic carbocycles. The molecule has 0 saturated heterocycles. The van der Waals surface area contributed by atoms with Gasteiger partial charge in [0.25, 0.3) is 0 Å². The average Bonchev–Trinajstić information content (AvgIpc) is 2.72. The highest BCUT2D eigenvalue weighted by Crippen LogP contribution is 2.68. The first-order chi connectivity index (χ1) is 10.7. The second-order valence-corrected chi connectivity index (χ2v) is 9.79. The quantitative estimate of drug-likeness (QED) is 0.713. The van der Waals surface area contributed by atoms with Crippen LogP contribution in [0, 0.1) is 34.5 Å². The molecule has 4 rings (SSSR count). The lowest BCUT2D eigenvalue weighted by molar-refractivity contribution is -0.132. The summed E-state index contributed by atoms with van der Waals surface area (Å²) in [6.07, 6.45) is 9.39. The zero-order valence-corrected chi connectivity index (χ0v) is 15.2. The Labute approximate surface area is 140 Å². The second-order valence-electron chi connectivity index (χ2n) is 9.79. The van der Waals surface area contributed by atoms with E-state index < -0.39 is 5.60 Å². The second kappa shape index (κ2) is 4.71. The fourth-order valence-corrected chi connectivity index (χ4v) is 7.15. The highest BCUT2D eigenvalue weighted by atomic mass is 16.3. The Kier molecular flexibility index (Phi) is 3.25. The van der Waals surface area contributed by atoms with Gasteiger partial charge in [-0.25, -0.2) is 0 Å². The van der Waals surface area contributed by atoms with Crippen molar-refractivity contribution in [1.82, 2.24) is 0 Å². The van der Waals surface area contributed by atoms with Crippen LogP contribution in [0.5, 0.6) is 0 Å². The van der Waals surface area contributed by atoms with Crippen LogP contribution in [-0.2, 0) is 4.79 Å². The Morgan fingerprint density at radius 1 is 1.09 bits per heavy atom. The first-order valence-electron chi connectivity index (χ1n) is 9.65. The molecule has 3 saturated carbocycles. The molecule has 0 bridgehead atoms. The molecule has 128 valence electrons. The molecule has 0 aromatic rings. The normalized spacial score (nSPS) is 55.7. The zero-order chi connectivity index (χ0) is 16.6. The van der Waals surface area contributed by atoms with E-state index in [2.05, 4.69) is 27.7 Å². The monoisotopic (exact) mass is 316 g/mol. The van der Waals surface area contributed by atoms with E-state index in [1.54, 1.807) is 0 Å². The van der Waals surface area contributed by atoms with Crippen LogP contribution in [0.4, 0.5) is 0 Å². The van der Waals surface area contributed by atoms with Gasteiger partial charge in [0.1, 0.15) is 0 Å². The van der Waals surface area contributed by atoms with Crippen LogP contribution < -0.4 is 0 Å². The first kappa shape index (κ1) is 15.9. The maximum Gasteiger partial charge on any atom is 0.155 e. The summed E-state index contributed by atoms with van der Waals surface area (Å²) in [7, 11) is 0. The van der Waals surface area contributed by atoms with Crippen LogP contribution in [0.15, 0.2) is 11.6 Å². The molecular formula is C21H32O2. The molecule has 1 N–H and O–H groups in total. The fraction of sp³-hybridized carbons (Fsp3) is 0.857. The van der Waals surface area contributed by atoms with Gasteiger partial charge in [-0.05, 0) is 86.0 Å². The van der Waals surface area contributed by atoms with Crippen molar-refractivity contribution in [3.8, 4) is 0 Å². The predicted octanol–water partition coefficient (Wildman–Crippen LogP) is 4.52. The van der Waals surface area contributed by atoms with Crippen molar-refractivity contribution in [2.75, 3.05) is 0 Å². The highest BCUT2D eigenvalue weighted by molar-refractivity contribution is 5.91. The van der Waals surface area contributed by atoms with E-state index in [4.69, 9.17) is 0 Å². The van der Waals surface area contributed by atoms with E-state index in [1.807, 2.05) is 6.08 Å². The van der Waals surface area contributed by atoms with Crippen molar-refractivity contribution in [3.63, 3.8) is 0 Å². The van der Waals surface area contributed by atoms with Gasteiger partial charge in [0.2, 0.25) is 0 Å². The minimum absolute atomic E-state index is 0.0878. The van der Waals surface area contributed by atoms with Crippen LogP contribution in [0.25, 0.3) is 0 Å². The summed E-state index contributed by atoms with van der Waals surface area (Å²) in [5.74, 6) is 3.06. The van der Waals surface area contributed by atoms with Gasteiger partial charge in [0.05, 0.1) is 5.60 Å². The predicted molar refractivity (Wildman–Crippen MR) is 91.9 cm³/mol. The van der Waals surface area contributed by atoms with E-state index >= 15 is 0 Å². The Morgan fingerprint density at radius 3 is 2.52 bits per heavy atom. The van der Waals surface area contributed by atoms with Crippen molar-refractivity contribution in [2.24, 2.45) is 34.5 Å². The van der Waals surface area contributed by atoms with Gasteiger partial charge in [-0.2, -0.15) is 0 Å². The third-order valence-electron chi connectivity index (χ3n) is 8.87. The first-order valence-corrected chi connectivity index (χ1v) is 9.65. The van der Waals surface area contributed by atoms with Gasteiger partial charge in [-0.15, -0.1) is 0 Å². The molecule has 3 fully saturated rings. The minimum atomic E-state index is -0.498. The smallest absolute Gasteiger partial charge is 0.155 e. The molecule has 0 radical (unpaired) electrons. The number of aliphatic hydroxyl groups is 1. The average molecular weight is 316 g/mol. The maximum atomic E-state index is 11.9. The van der Waals surface area contributed by atoms with E-state index in [0.717, 1.165) is 38.0 Å². The number of ketones is 1. The van der Waals surface area contributed by atoms with Crippen molar-refractivity contribution in [3.05, 3.63) is 11.6 Å². The molecule has 0 aromatic heterocycles. The van der Waals surface area contributed by atoms with Crippen LogP contribution >= 0.6 is 0 Å². The van der Waals surface area contributed by atoms with Crippen LogP contribution in [0.2, 0.25) is 0 Å². The molecule has 3 unspecified atom stereocenters. The summed E-state index contributed by atoms with van der Waals surface area (Å²) in [5, 5.41) is 11.0. The molecule has 23 heavy (non-hydrogen) atoms.